The van der Waals surface area contributed by atoms with E-state index in [-0.39, 0.29) is 0 Å². The van der Waals surface area contributed by atoms with Gasteiger partial charge in [0.2, 0.25) is 0 Å². The van der Waals surface area contributed by atoms with Gasteiger partial charge in [0, 0.05) is 32.7 Å². The first kappa shape index (κ1) is 13.3. The molecule has 17 heavy (non-hydrogen) atoms. The summed E-state index contributed by atoms with van der Waals surface area (Å²) in [4.78, 5) is 5.31. The fourth-order valence-corrected chi connectivity index (χ4v) is 2.87. The molecule has 3 nitrogen and oxygen atoms in total. The quantitative estimate of drug-likeness (QED) is 0.779. The van der Waals surface area contributed by atoms with Crippen LogP contribution in [-0.2, 0) is 0 Å². The highest BCUT2D eigenvalue weighted by Crippen LogP contribution is 2.12. The Bertz CT molecular complexity index is 204. The molecular formula is C14H29N3. The second-order valence-corrected chi connectivity index (χ2v) is 6.18. The summed E-state index contributed by atoms with van der Waals surface area (Å²) in [5, 5.41) is 3.47. The Morgan fingerprint density at radius 1 is 1.12 bits per heavy atom. The summed E-state index contributed by atoms with van der Waals surface area (Å²) in [6.07, 6.45) is 2.74. The van der Waals surface area contributed by atoms with Crippen LogP contribution in [-0.4, -0.2) is 62.2 Å². The van der Waals surface area contributed by atoms with Gasteiger partial charge in [-0.15, -0.1) is 0 Å². The number of nitrogens with one attached hydrogen (secondary N) is 1. The molecule has 0 aromatic carbocycles. The van der Waals surface area contributed by atoms with Crippen LogP contribution in [0.5, 0.6) is 0 Å². The van der Waals surface area contributed by atoms with Gasteiger partial charge in [-0.25, -0.2) is 0 Å². The molecule has 2 saturated heterocycles. The number of hydrogen-bond acceptors (Lipinski definition) is 3. The lowest BCUT2D eigenvalue weighted by molar-refractivity contribution is 0.116. The second kappa shape index (κ2) is 6.72. The van der Waals surface area contributed by atoms with E-state index in [2.05, 4.69) is 29.0 Å². The van der Waals surface area contributed by atoms with E-state index in [1.165, 1.54) is 65.2 Å². The molecule has 0 bridgehead atoms. The molecule has 1 atom stereocenters. The Kier molecular flexibility index (Phi) is 5.26. The highest BCUT2D eigenvalue weighted by Gasteiger charge is 2.21. The topological polar surface area (TPSA) is 18.5 Å². The third kappa shape index (κ3) is 4.57. The van der Waals surface area contributed by atoms with Gasteiger partial charge in [-0.05, 0) is 44.3 Å². The zero-order chi connectivity index (χ0) is 12.1. The lowest BCUT2D eigenvalue weighted by Gasteiger charge is -2.36. The molecule has 0 radical (unpaired) electrons. The lowest BCUT2D eigenvalue weighted by atomic mass is 10.1. The van der Waals surface area contributed by atoms with Crippen LogP contribution >= 0.6 is 0 Å². The van der Waals surface area contributed by atoms with E-state index in [4.69, 9.17) is 0 Å². The predicted molar refractivity (Wildman–Crippen MR) is 73.3 cm³/mol. The third-order valence-electron chi connectivity index (χ3n) is 4.17. The molecule has 3 heteroatoms. The van der Waals surface area contributed by atoms with Gasteiger partial charge in [0.25, 0.3) is 0 Å². The van der Waals surface area contributed by atoms with Crippen LogP contribution < -0.4 is 5.32 Å². The predicted octanol–water partition coefficient (Wildman–Crippen LogP) is 1.26. The fourth-order valence-electron chi connectivity index (χ4n) is 2.87. The van der Waals surface area contributed by atoms with Gasteiger partial charge >= 0.3 is 0 Å². The number of rotatable bonds is 5. The van der Waals surface area contributed by atoms with Crippen molar-refractivity contribution in [2.24, 2.45) is 11.8 Å². The Labute approximate surface area is 107 Å². The van der Waals surface area contributed by atoms with Gasteiger partial charge in [0.1, 0.15) is 0 Å². The molecule has 2 rings (SSSR count). The largest absolute Gasteiger partial charge is 0.316 e. The maximum Gasteiger partial charge on any atom is 0.0110 e. The normalized spacial score (nSPS) is 28.1. The fraction of sp³-hybridized carbons (Fsp3) is 1.00. The van der Waals surface area contributed by atoms with Crippen molar-refractivity contribution in [3.05, 3.63) is 0 Å². The van der Waals surface area contributed by atoms with Crippen LogP contribution in [0, 0.1) is 11.8 Å². The molecule has 2 fully saturated rings. The van der Waals surface area contributed by atoms with Gasteiger partial charge < -0.3 is 15.1 Å². The minimum absolute atomic E-state index is 0.845. The van der Waals surface area contributed by atoms with Crippen LogP contribution in [0.3, 0.4) is 0 Å². The Morgan fingerprint density at radius 2 is 1.82 bits per heavy atom. The van der Waals surface area contributed by atoms with Crippen molar-refractivity contribution in [3.8, 4) is 0 Å². The summed E-state index contributed by atoms with van der Waals surface area (Å²) >= 11 is 0. The Morgan fingerprint density at radius 3 is 2.41 bits per heavy atom. The lowest BCUT2D eigenvalue weighted by Crippen LogP contribution is -2.48. The van der Waals surface area contributed by atoms with E-state index in [0.29, 0.717) is 0 Å². The monoisotopic (exact) mass is 239 g/mol. The minimum Gasteiger partial charge on any atom is -0.316 e. The average molecular weight is 239 g/mol. The zero-order valence-corrected chi connectivity index (χ0v) is 11.6. The third-order valence-corrected chi connectivity index (χ3v) is 4.17. The zero-order valence-electron chi connectivity index (χ0n) is 11.6. The van der Waals surface area contributed by atoms with E-state index in [0.717, 1.165) is 11.8 Å². The molecule has 1 N–H and O–H groups in total. The first-order valence-corrected chi connectivity index (χ1v) is 7.39. The van der Waals surface area contributed by atoms with Gasteiger partial charge in [-0.1, -0.05) is 13.8 Å². The summed E-state index contributed by atoms with van der Waals surface area (Å²) in [6, 6.07) is 0. The molecule has 0 saturated carbocycles. The first-order valence-electron chi connectivity index (χ1n) is 7.39. The van der Waals surface area contributed by atoms with E-state index >= 15 is 0 Å². The molecular weight excluding hydrogens is 210 g/mol. The summed E-state index contributed by atoms with van der Waals surface area (Å²) in [6.45, 7) is 14.9. The standard InChI is InChI=1S/C14H29N3/c1-13(2)4-6-16-7-9-17(10-8-16)12-14-3-5-15-11-14/h13-15H,3-12H2,1-2H3. The van der Waals surface area contributed by atoms with Crippen LogP contribution in [0.1, 0.15) is 26.7 Å². The van der Waals surface area contributed by atoms with Crippen LogP contribution in [0.15, 0.2) is 0 Å². The van der Waals surface area contributed by atoms with E-state index in [1.807, 2.05) is 0 Å². The second-order valence-electron chi connectivity index (χ2n) is 6.18. The highest BCUT2D eigenvalue weighted by molar-refractivity contribution is 4.78. The van der Waals surface area contributed by atoms with Gasteiger partial charge in [-0.2, -0.15) is 0 Å². The van der Waals surface area contributed by atoms with E-state index < -0.39 is 0 Å². The molecule has 2 aliphatic rings. The highest BCUT2D eigenvalue weighted by atomic mass is 15.3. The van der Waals surface area contributed by atoms with Crippen molar-refractivity contribution >= 4 is 0 Å². The maximum absolute atomic E-state index is 3.47. The summed E-state index contributed by atoms with van der Waals surface area (Å²) in [5.74, 6) is 1.76. The summed E-state index contributed by atoms with van der Waals surface area (Å²) < 4.78 is 0. The van der Waals surface area contributed by atoms with Crippen molar-refractivity contribution in [1.29, 1.82) is 0 Å². The molecule has 1 unspecified atom stereocenters. The SMILES string of the molecule is CC(C)CCN1CCN(CC2CCNC2)CC1. The molecule has 0 aliphatic carbocycles. The maximum atomic E-state index is 3.47. The smallest absolute Gasteiger partial charge is 0.0110 e. The van der Waals surface area contributed by atoms with Crippen molar-refractivity contribution in [3.63, 3.8) is 0 Å². The molecule has 0 aromatic heterocycles. The molecule has 0 spiro atoms. The minimum atomic E-state index is 0.845. The van der Waals surface area contributed by atoms with E-state index in [9.17, 15) is 0 Å². The van der Waals surface area contributed by atoms with E-state index in [1.54, 1.807) is 0 Å². The number of hydrogen-bond donors (Lipinski definition) is 1. The molecule has 100 valence electrons. The van der Waals surface area contributed by atoms with Crippen LogP contribution in [0.2, 0.25) is 0 Å². The molecule has 0 aromatic rings. The van der Waals surface area contributed by atoms with Gasteiger partial charge in [0.15, 0.2) is 0 Å². The van der Waals surface area contributed by atoms with Gasteiger partial charge in [0.05, 0.1) is 0 Å². The van der Waals surface area contributed by atoms with Gasteiger partial charge in [-0.3, -0.25) is 0 Å². The first-order chi connectivity index (χ1) is 8.24. The van der Waals surface area contributed by atoms with Crippen LogP contribution in [0.25, 0.3) is 0 Å². The Balaban J connectivity index is 1.60. The molecule has 2 aliphatic heterocycles. The summed E-state index contributed by atoms with van der Waals surface area (Å²) in [7, 11) is 0. The van der Waals surface area contributed by atoms with Crippen molar-refractivity contribution in [1.82, 2.24) is 15.1 Å². The van der Waals surface area contributed by atoms with Crippen molar-refractivity contribution in [2.45, 2.75) is 26.7 Å². The molecule has 2 heterocycles. The number of piperazine rings is 1. The Hall–Kier alpha value is -0.120. The average Bonchev–Trinajstić information content (AvgIpc) is 2.81. The van der Waals surface area contributed by atoms with Crippen molar-refractivity contribution < 1.29 is 0 Å². The number of nitrogens with zero attached hydrogens (tertiary/aromatic N) is 2. The van der Waals surface area contributed by atoms with Crippen molar-refractivity contribution in [2.75, 3.05) is 52.4 Å². The molecule has 0 amide bonds. The summed E-state index contributed by atoms with van der Waals surface area (Å²) in [5.41, 5.74) is 0. The van der Waals surface area contributed by atoms with Crippen LogP contribution in [0.4, 0.5) is 0 Å².